The third-order valence-corrected chi connectivity index (χ3v) is 5.03. The van der Waals surface area contributed by atoms with Crippen LogP contribution in [0.5, 0.6) is 0 Å². The quantitative estimate of drug-likeness (QED) is 0.676. The Bertz CT molecular complexity index is 718. The van der Waals surface area contributed by atoms with Crippen molar-refractivity contribution in [3.63, 3.8) is 0 Å². The van der Waals surface area contributed by atoms with E-state index < -0.39 is 0 Å². The van der Waals surface area contributed by atoms with Gasteiger partial charge in [-0.3, -0.25) is 4.79 Å². The second-order valence-corrected chi connectivity index (χ2v) is 7.00. The number of nitrogens with zero attached hydrogens (tertiary/aromatic N) is 4. The predicted octanol–water partition coefficient (Wildman–Crippen LogP) is 2.15. The molecule has 6 nitrogen and oxygen atoms in total. The van der Waals surface area contributed by atoms with Crippen molar-refractivity contribution in [2.24, 2.45) is 5.92 Å². The first kappa shape index (κ1) is 16.8. The maximum absolute atomic E-state index is 13.0. The minimum absolute atomic E-state index is 0.0953. The average Bonchev–Trinajstić information content (AvgIpc) is 2.94. The van der Waals surface area contributed by atoms with Crippen molar-refractivity contribution in [1.29, 1.82) is 0 Å². The summed E-state index contributed by atoms with van der Waals surface area (Å²) in [5.74, 6) is 7.06. The number of carbonyl (C=O) groups excluding carboxylic acids is 1. The summed E-state index contributed by atoms with van der Waals surface area (Å²) in [5.41, 5.74) is 0.675. The molecule has 3 rings (SSSR count). The molecule has 2 aromatic rings. The van der Waals surface area contributed by atoms with Gasteiger partial charge < -0.3 is 10.7 Å². The summed E-state index contributed by atoms with van der Waals surface area (Å²) in [6.45, 7) is 3.80. The van der Waals surface area contributed by atoms with Crippen molar-refractivity contribution in [3.8, 4) is 11.4 Å². The molecule has 0 spiro atoms. The molecular weight excluding hydrogens is 329 g/mol. The van der Waals surface area contributed by atoms with E-state index in [4.69, 9.17) is 5.84 Å². The summed E-state index contributed by atoms with van der Waals surface area (Å²) >= 11 is 1.27. The number of hydrogen-bond acceptors (Lipinski definition) is 5. The van der Waals surface area contributed by atoms with Crippen molar-refractivity contribution in [2.45, 2.75) is 24.9 Å². The van der Waals surface area contributed by atoms with Gasteiger partial charge in [-0.2, -0.15) is 0 Å². The Balaban J connectivity index is 1.64. The fourth-order valence-corrected chi connectivity index (χ4v) is 3.56. The van der Waals surface area contributed by atoms with Gasteiger partial charge in [0.05, 0.1) is 5.75 Å². The molecule has 0 bridgehead atoms. The molecule has 1 amide bonds. The smallest absolute Gasteiger partial charge is 0.233 e. The second-order valence-electron chi connectivity index (χ2n) is 6.06. The monoisotopic (exact) mass is 349 g/mol. The molecule has 1 fully saturated rings. The third-order valence-electron chi connectivity index (χ3n) is 4.10. The van der Waals surface area contributed by atoms with Crippen LogP contribution in [0.1, 0.15) is 19.8 Å². The third kappa shape index (κ3) is 3.69. The first-order chi connectivity index (χ1) is 11.5. The van der Waals surface area contributed by atoms with Crippen LogP contribution in [0.15, 0.2) is 29.4 Å². The molecule has 0 radical (unpaired) electrons. The number of aromatic nitrogens is 3. The summed E-state index contributed by atoms with van der Waals surface area (Å²) < 4.78 is 14.3. The van der Waals surface area contributed by atoms with Crippen molar-refractivity contribution >= 4 is 17.7 Å². The lowest BCUT2D eigenvalue weighted by Gasteiger charge is -2.30. The van der Waals surface area contributed by atoms with E-state index in [1.807, 2.05) is 4.90 Å². The van der Waals surface area contributed by atoms with Crippen LogP contribution in [0.25, 0.3) is 11.4 Å². The Morgan fingerprint density at radius 2 is 2.12 bits per heavy atom. The summed E-state index contributed by atoms with van der Waals surface area (Å²) in [4.78, 5) is 14.2. The highest BCUT2D eigenvalue weighted by atomic mass is 32.2. The number of benzene rings is 1. The number of nitrogens with two attached hydrogens (primary N) is 1. The standard InChI is InChI=1S/C16H20FN5OS/c1-11-3-2-8-21(9-11)14(23)10-24-16-20-19-15(22(16)18)12-4-6-13(17)7-5-12/h4-7,11H,2-3,8-10,18H2,1H3. The Kier molecular flexibility index (Phi) is 5.03. The molecule has 1 saturated heterocycles. The van der Waals surface area contributed by atoms with E-state index in [-0.39, 0.29) is 17.5 Å². The van der Waals surface area contributed by atoms with Crippen LogP contribution in [0.2, 0.25) is 0 Å². The predicted molar refractivity (Wildman–Crippen MR) is 91.3 cm³/mol. The van der Waals surface area contributed by atoms with Gasteiger partial charge in [0.2, 0.25) is 11.1 Å². The number of piperidine rings is 1. The Hall–Kier alpha value is -2.09. The first-order valence-corrected chi connectivity index (χ1v) is 8.90. The fourth-order valence-electron chi connectivity index (χ4n) is 2.80. The van der Waals surface area contributed by atoms with Gasteiger partial charge in [0.1, 0.15) is 5.82 Å². The molecule has 0 aliphatic carbocycles. The largest absolute Gasteiger partial charge is 0.342 e. The van der Waals surface area contributed by atoms with E-state index in [1.54, 1.807) is 12.1 Å². The minimum atomic E-state index is -0.321. The Labute approximate surface area is 144 Å². The lowest BCUT2D eigenvalue weighted by atomic mass is 10.0. The minimum Gasteiger partial charge on any atom is -0.342 e. The number of nitrogen functional groups attached to an aromatic ring is 1. The average molecular weight is 349 g/mol. The highest BCUT2D eigenvalue weighted by molar-refractivity contribution is 7.99. The van der Waals surface area contributed by atoms with Crippen molar-refractivity contribution in [2.75, 3.05) is 24.7 Å². The van der Waals surface area contributed by atoms with Crippen LogP contribution < -0.4 is 5.84 Å². The summed E-state index contributed by atoms with van der Waals surface area (Å²) in [5, 5.41) is 8.54. The van der Waals surface area contributed by atoms with E-state index >= 15 is 0 Å². The zero-order valence-electron chi connectivity index (χ0n) is 13.5. The van der Waals surface area contributed by atoms with E-state index in [0.29, 0.717) is 22.5 Å². The maximum atomic E-state index is 13.0. The first-order valence-electron chi connectivity index (χ1n) is 7.91. The number of halogens is 1. The fraction of sp³-hybridized carbons (Fsp3) is 0.438. The van der Waals surface area contributed by atoms with Crippen LogP contribution in [-0.2, 0) is 4.79 Å². The topological polar surface area (TPSA) is 77.0 Å². The van der Waals surface area contributed by atoms with Crippen molar-refractivity contribution in [3.05, 3.63) is 30.1 Å². The van der Waals surface area contributed by atoms with Gasteiger partial charge in [-0.05, 0) is 43.0 Å². The number of rotatable bonds is 4. The van der Waals surface area contributed by atoms with Gasteiger partial charge in [0, 0.05) is 18.7 Å². The zero-order valence-corrected chi connectivity index (χ0v) is 14.3. The van der Waals surface area contributed by atoms with Crippen LogP contribution >= 0.6 is 11.8 Å². The molecule has 24 heavy (non-hydrogen) atoms. The highest BCUT2D eigenvalue weighted by Crippen LogP contribution is 2.23. The van der Waals surface area contributed by atoms with Crippen LogP contribution in [0.3, 0.4) is 0 Å². The molecule has 128 valence electrons. The van der Waals surface area contributed by atoms with Gasteiger partial charge in [0.25, 0.3) is 0 Å². The molecular formula is C16H20FN5OS. The van der Waals surface area contributed by atoms with Gasteiger partial charge in [-0.15, -0.1) is 10.2 Å². The highest BCUT2D eigenvalue weighted by Gasteiger charge is 2.22. The summed E-state index contributed by atoms with van der Waals surface area (Å²) in [7, 11) is 0. The molecule has 1 aliphatic rings. The molecule has 1 aromatic carbocycles. The summed E-state index contributed by atoms with van der Waals surface area (Å²) in [6.07, 6.45) is 2.23. The lowest BCUT2D eigenvalue weighted by Crippen LogP contribution is -2.40. The van der Waals surface area contributed by atoms with Crippen LogP contribution in [0, 0.1) is 11.7 Å². The van der Waals surface area contributed by atoms with Gasteiger partial charge >= 0.3 is 0 Å². The molecule has 8 heteroatoms. The zero-order chi connectivity index (χ0) is 17.1. The Morgan fingerprint density at radius 3 is 2.83 bits per heavy atom. The SMILES string of the molecule is CC1CCCN(C(=O)CSc2nnc(-c3ccc(F)cc3)n2N)C1. The number of hydrogen-bond donors (Lipinski definition) is 1. The molecule has 1 aliphatic heterocycles. The molecule has 1 atom stereocenters. The number of amides is 1. The number of likely N-dealkylation sites (tertiary alicyclic amines) is 1. The van der Waals surface area contributed by atoms with Gasteiger partial charge in [-0.1, -0.05) is 18.7 Å². The maximum Gasteiger partial charge on any atom is 0.233 e. The van der Waals surface area contributed by atoms with Crippen molar-refractivity contribution in [1.82, 2.24) is 19.8 Å². The van der Waals surface area contributed by atoms with E-state index in [2.05, 4.69) is 17.1 Å². The number of thioether (sulfide) groups is 1. The van der Waals surface area contributed by atoms with Crippen LogP contribution in [-0.4, -0.2) is 44.5 Å². The second kappa shape index (κ2) is 7.21. The van der Waals surface area contributed by atoms with E-state index in [1.165, 1.54) is 35.0 Å². The lowest BCUT2D eigenvalue weighted by molar-refractivity contribution is -0.130. The Morgan fingerprint density at radius 1 is 1.38 bits per heavy atom. The van der Waals surface area contributed by atoms with Gasteiger partial charge in [-0.25, -0.2) is 9.07 Å². The van der Waals surface area contributed by atoms with E-state index in [9.17, 15) is 9.18 Å². The summed E-state index contributed by atoms with van der Waals surface area (Å²) in [6, 6.07) is 5.88. The molecule has 1 unspecified atom stereocenters. The molecule has 1 aromatic heterocycles. The number of carbonyl (C=O) groups is 1. The normalized spacial score (nSPS) is 17.9. The molecule has 0 saturated carbocycles. The van der Waals surface area contributed by atoms with Gasteiger partial charge in [0.15, 0.2) is 5.82 Å². The van der Waals surface area contributed by atoms with Crippen LogP contribution in [0.4, 0.5) is 4.39 Å². The van der Waals surface area contributed by atoms with Crippen molar-refractivity contribution < 1.29 is 9.18 Å². The van der Waals surface area contributed by atoms with E-state index in [0.717, 1.165) is 19.5 Å². The molecule has 2 heterocycles. The molecule has 2 N–H and O–H groups in total.